The molecule has 0 fully saturated rings. The van der Waals surface area contributed by atoms with Crippen molar-refractivity contribution in [1.82, 2.24) is 0 Å². The third-order valence-electron chi connectivity index (χ3n) is 2.38. The zero-order chi connectivity index (χ0) is 13.5. The lowest BCUT2D eigenvalue weighted by Crippen LogP contribution is -2.04. The average molecular weight is 268 g/mol. The highest BCUT2D eigenvalue weighted by Crippen LogP contribution is 2.36. The van der Waals surface area contributed by atoms with Gasteiger partial charge in [-0.05, 0) is 25.3 Å². The molecule has 0 heterocycles. The fraction of sp³-hybridized carbons (Fsp3) is 0.500. The van der Waals surface area contributed by atoms with Crippen molar-refractivity contribution < 1.29 is 9.47 Å². The van der Waals surface area contributed by atoms with Crippen molar-refractivity contribution in [3.8, 4) is 17.6 Å². The SMILES string of the molecule is CCOc1cc(C#N)cc(Cl)c1OCCC(C)C. The number of nitrogens with zero attached hydrogens (tertiary/aromatic N) is 1. The van der Waals surface area contributed by atoms with E-state index in [1.165, 1.54) is 0 Å². The summed E-state index contributed by atoms with van der Waals surface area (Å²) in [5, 5.41) is 9.31. The van der Waals surface area contributed by atoms with E-state index >= 15 is 0 Å². The minimum Gasteiger partial charge on any atom is -0.490 e. The number of hydrogen-bond donors (Lipinski definition) is 0. The van der Waals surface area contributed by atoms with Crippen LogP contribution < -0.4 is 9.47 Å². The van der Waals surface area contributed by atoms with Gasteiger partial charge in [0, 0.05) is 6.07 Å². The summed E-state index contributed by atoms with van der Waals surface area (Å²) in [6.45, 7) is 7.24. The summed E-state index contributed by atoms with van der Waals surface area (Å²) in [5.74, 6) is 1.63. The van der Waals surface area contributed by atoms with Crippen molar-refractivity contribution in [2.24, 2.45) is 5.92 Å². The molecular weight excluding hydrogens is 250 g/mol. The van der Waals surface area contributed by atoms with E-state index in [-0.39, 0.29) is 0 Å². The van der Waals surface area contributed by atoms with Gasteiger partial charge in [-0.1, -0.05) is 25.4 Å². The van der Waals surface area contributed by atoms with Gasteiger partial charge in [-0.3, -0.25) is 0 Å². The topological polar surface area (TPSA) is 42.2 Å². The van der Waals surface area contributed by atoms with E-state index in [2.05, 4.69) is 13.8 Å². The van der Waals surface area contributed by atoms with Crippen molar-refractivity contribution in [2.75, 3.05) is 13.2 Å². The minimum atomic E-state index is 0.418. The molecule has 0 bridgehead atoms. The monoisotopic (exact) mass is 267 g/mol. The maximum atomic E-state index is 8.89. The maximum absolute atomic E-state index is 8.89. The van der Waals surface area contributed by atoms with Crippen LogP contribution in [0.25, 0.3) is 0 Å². The van der Waals surface area contributed by atoms with Gasteiger partial charge in [0.1, 0.15) is 0 Å². The molecule has 0 saturated heterocycles. The Labute approximate surface area is 113 Å². The quantitative estimate of drug-likeness (QED) is 0.781. The first-order valence-electron chi connectivity index (χ1n) is 6.07. The molecular formula is C14H18ClNO2. The molecule has 4 heteroatoms. The van der Waals surface area contributed by atoms with Crippen LogP contribution in [-0.2, 0) is 0 Å². The van der Waals surface area contributed by atoms with E-state index in [0.29, 0.717) is 41.2 Å². The molecule has 0 unspecified atom stereocenters. The molecule has 0 saturated carbocycles. The predicted molar refractivity (Wildman–Crippen MR) is 72.3 cm³/mol. The van der Waals surface area contributed by atoms with Crippen molar-refractivity contribution in [3.63, 3.8) is 0 Å². The molecule has 98 valence electrons. The second kappa shape index (κ2) is 7.13. The molecule has 0 N–H and O–H groups in total. The first kappa shape index (κ1) is 14.7. The third kappa shape index (κ3) is 4.12. The molecule has 0 amide bonds. The van der Waals surface area contributed by atoms with E-state index < -0.39 is 0 Å². The maximum Gasteiger partial charge on any atom is 0.179 e. The Hall–Kier alpha value is -1.40. The largest absolute Gasteiger partial charge is 0.490 e. The lowest BCUT2D eigenvalue weighted by atomic mass is 10.1. The second-order valence-electron chi connectivity index (χ2n) is 4.36. The van der Waals surface area contributed by atoms with Gasteiger partial charge in [-0.2, -0.15) is 5.26 Å². The summed E-state index contributed by atoms with van der Waals surface area (Å²) >= 11 is 6.11. The van der Waals surface area contributed by atoms with Crippen molar-refractivity contribution in [2.45, 2.75) is 27.2 Å². The molecule has 0 aliphatic carbocycles. The predicted octanol–water partition coefficient (Wildman–Crippen LogP) is 4.04. The first-order chi connectivity index (χ1) is 8.58. The van der Waals surface area contributed by atoms with Gasteiger partial charge in [-0.25, -0.2) is 0 Å². The van der Waals surface area contributed by atoms with Crippen LogP contribution in [0, 0.1) is 17.2 Å². The summed E-state index contributed by atoms with van der Waals surface area (Å²) in [6.07, 6.45) is 0.946. The fourth-order valence-corrected chi connectivity index (χ4v) is 1.70. The summed E-state index contributed by atoms with van der Waals surface area (Å²) in [6, 6.07) is 5.29. The van der Waals surface area contributed by atoms with Crippen molar-refractivity contribution >= 4 is 11.6 Å². The Bertz CT molecular complexity index is 438. The molecule has 0 atom stereocenters. The highest BCUT2D eigenvalue weighted by Gasteiger charge is 2.12. The van der Waals surface area contributed by atoms with Crippen LogP contribution >= 0.6 is 11.6 Å². The van der Waals surface area contributed by atoms with Gasteiger partial charge < -0.3 is 9.47 Å². The molecule has 0 aliphatic heterocycles. The Morgan fingerprint density at radius 1 is 1.33 bits per heavy atom. The van der Waals surface area contributed by atoms with Gasteiger partial charge in [0.2, 0.25) is 0 Å². The number of nitriles is 1. The van der Waals surface area contributed by atoms with Crippen LogP contribution in [-0.4, -0.2) is 13.2 Å². The number of benzene rings is 1. The Balaban J connectivity index is 2.90. The van der Waals surface area contributed by atoms with Crippen LogP contribution in [0.5, 0.6) is 11.5 Å². The van der Waals surface area contributed by atoms with Crippen LogP contribution in [0.2, 0.25) is 5.02 Å². The normalized spacial score (nSPS) is 10.2. The van der Waals surface area contributed by atoms with Crippen molar-refractivity contribution in [1.29, 1.82) is 5.26 Å². The van der Waals surface area contributed by atoms with E-state index in [1.54, 1.807) is 12.1 Å². The molecule has 1 aromatic carbocycles. The molecule has 3 nitrogen and oxygen atoms in total. The van der Waals surface area contributed by atoms with E-state index in [4.69, 9.17) is 26.3 Å². The zero-order valence-corrected chi connectivity index (χ0v) is 11.8. The summed E-state index contributed by atoms with van der Waals surface area (Å²) < 4.78 is 11.1. The van der Waals surface area contributed by atoms with Crippen LogP contribution in [0.3, 0.4) is 0 Å². The molecule has 0 radical (unpaired) electrons. The molecule has 0 aliphatic rings. The Morgan fingerprint density at radius 3 is 2.61 bits per heavy atom. The molecule has 18 heavy (non-hydrogen) atoms. The standard InChI is InChI=1S/C14H18ClNO2/c1-4-17-13-8-11(9-16)7-12(15)14(13)18-6-5-10(2)3/h7-8,10H,4-6H2,1-3H3. The minimum absolute atomic E-state index is 0.418. The molecule has 1 aromatic rings. The van der Waals surface area contributed by atoms with Gasteiger partial charge in [0.15, 0.2) is 11.5 Å². The zero-order valence-electron chi connectivity index (χ0n) is 11.0. The fourth-order valence-electron chi connectivity index (χ4n) is 1.43. The highest BCUT2D eigenvalue weighted by molar-refractivity contribution is 6.32. The first-order valence-corrected chi connectivity index (χ1v) is 6.45. The van der Waals surface area contributed by atoms with Gasteiger partial charge in [0.25, 0.3) is 0 Å². The van der Waals surface area contributed by atoms with Crippen LogP contribution in [0.15, 0.2) is 12.1 Å². The van der Waals surface area contributed by atoms with Crippen LogP contribution in [0.1, 0.15) is 32.8 Å². The van der Waals surface area contributed by atoms with E-state index in [1.807, 2.05) is 13.0 Å². The average Bonchev–Trinajstić information content (AvgIpc) is 2.32. The number of halogens is 1. The van der Waals surface area contributed by atoms with Gasteiger partial charge in [0.05, 0.1) is 29.9 Å². The molecule has 1 rings (SSSR count). The molecule has 0 spiro atoms. The number of rotatable bonds is 6. The highest BCUT2D eigenvalue weighted by atomic mass is 35.5. The van der Waals surface area contributed by atoms with Gasteiger partial charge in [-0.15, -0.1) is 0 Å². The Kier molecular flexibility index (Phi) is 5.80. The van der Waals surface area contributed by atoms with E-state index in [9.17, 15) is 0 Å². The summed E-state index contributed by atoms with van der Waals surface area (Å²) in [5.41, 5.74) is 0.472. The number of hydrogen-bond acceptors (Lipinski definition) is 3. The smallest absolute Gasteiger partial charge is 0.179 e. The number of ether oxygens (including phenoxy) is 2. The third-order valence-corrected chi connectivity index (χ3v) is 2.66. The lowest BCUT2D eigenvalue weighted by molar-refractivity contribution is 0.261. The molecule has 0 aromatic heterocycles. The van der Waals surface area contributed by atoms with Crippen molar-refractivity contribution in [3.05, 3.63) is 22.7 Å². The van der Waals surface area contributed by atoms with Crippen LogP contribution in [0.4, 0.5) is 0 Å². The second-order valence-corrected chi connectivity index (χ2v) is 4.77. The summed E-state index contributed by atoms with van der Waals surface area (Å²) in [7, 11) is 0. The lowest BCUT2D eigenvalue weighted by Gasteiger charge is -2.14. The van der Waals surface area contributed by atoms with Gasteiger partial charge >= 0.3 is 0 Å². The van der Waals surface area contributed by atoms with E-state index in [0.717, 1.165) is 6.42 Å². The summed E-state index contributed by atoms with van der Waals surface area (Å²) in [4.78, 5) is 0. The Morgan fingerprint density at radius 2 is 2.06 bits per heavy atom.